The highest BCUT2D eigenvalue weighted by Crippen LogP contribution is 2.31. The van der Waals surface area contributed by atoms with Gasteiger partial charge in [0.15, 0.2) is 0 Å². The molecule has 0 radical (unpaired) electrons. The zero-order valence-electron chi connectivity index (χ0n) is 17.3. The number of carbonyl (C=O) groups excluding carboxylic acids is 2. The van der Waals surface area contributed by atoms with E-state index in [0.717, 1.165) is 5.56 Å². The average molecular weight is 376 g/mol. The van der Waals surface area contributed by atoms with Crippen molar-refractivity contribution in [2.45, 2.75) is 65.4 Å². The molecule has 6 nitrogen and oxygen atoms in total. The third-order valence-corrected chi connectivity index (χ3v) is 4.64. The minimum absolute atomic E-state index is 0.0579. The number of benzene rings is 1. The summed E-state index contributed by atoms with van der Waals surface area (Å²) in [6, 6.07) is 5.30. The van der Waals surface area contributed by atoms with Gasteiger partial charge in [-0.15, -0.1) is 0 Å². The zero-order chi connectivity index (χ0) is 20.4. The molecule has 1 aromatic rings. The number of hydrogen-bond donors (Lipinski definition) is 2. The molecule has 1 aromatic carbocycles. The number of nitrogens with one attached hydrogen (secondary N) is 1. The van der Waals surface area contributed by atoms with Gasteiger partial charge in [0.05, 0.1) is 5.69 Å². The third-order valence-electron chi connectivity index (χ3n) is 4.64. The van der Waals surface area contributed by atoms with E-state index in [1.54, 1.807) is 11.0 Å². The Morgan fingerprint density at radius 2 is 1.70 bits per heavy atom. The van der Waals surface area contributed by atoms with Crippen LogP contribution in [0.15, 0.2) is 18.2 Å². The van der Waals surface area contributed by atoms with E-state index >= 15 is 0 Å². The molecule has 1 fully saturated rings. The number of phenols is 1. The summed E-state index contributed by atoms with van der Waals surface area (Å²) in [5.74, 6) is -0.260. The van der Waals surface area contributed by atoms with Crippen LogP contribution < -0.4 is 5.32 Å². The molecule has 2 N–H and O–H groups in total. The van der Waals surface area contributed by atoms with Gasteiger partial charge in [-0.3, -0.25) is 4.79 Å². The quantitative estimate of drug-likeness (QED) is 0.755. The Hall–Kier alpha value is -2.24. The van der Waals surface area contributed by atoms with Crippen molar-refractivity contribution in [2.24, 2.45) is 5.92 Å². The molecule has 2 rings (SSSR count). The van der Waals surface area contributed by atoms with Crippen LogP contribution in [0.25, 0.3) is 0 Å². The van der Waals surface area contributed by atoms with Crippen LogP contribution in [0, 0.1) is 5.92 Å². The first kappa shape index (κ1) is 21.1. The molecule has 27 heavy (non-hydrogen) atoms. The van der Waals surface area contributed by atoms with E-state index in [4.69, 9.17) is 4.74 Å². The van der Waals surface area contributed by atoms with E-state index in [2.05, 4.69) is 26.1 Å². The summed E-state index contributed by atoms with van der Waals surface area (Å²) in [7, 11) is 0. The molecule has 0 spiro atoms. The molecule has 0 aliphatic carbocycles. The molecule has 0 unspecified atom stereocenters. The van der Waals surface area contributed by atoms with E-state index in [9.17, 15) is 14.7 Å². The number of phenolic OH excluding ortho intramolecular Hbond substituents is 1. The largest absolute Gasteiger partial charge is 0.506 e. The first-order chi connectivity index (χ1) is 12.4. The lowest BCUT2D eigenvalue weighted by Crippen LogP contribution is -2.43. The van der Waals surface area contributed by atoms with Gasteiger partial charge in [0, 0.05) is 19.0 Å². The number of aromatic hydroxyl groups is 1. The number of piperidine rings is 1. The monoisotopic (exact) mass is 376 g/mol. The lowest BCUT2D eigenvalue weighted by molar-refractivity contribution is -0.121. The number of amides is 2. The SMILES string of the molecule is CC(C)(C)OC(=O)N1CCC(C(=O)Nc2cc(C(C)(C)C)ccc2O)CC1. The maximum absolute atomic E-state index is 12.6. The van der Waals surface area contributed by atoms with Crippen LogP contribution in [0.3, 0.4) is 0 Å². The highest BCUT2D eigenvalue weighted by Gasteiger charge is 2.30. The van der Waals surface area contributed by atoms with E-state index in [1.165, 1.54) is 0 Å². The molecule has 0 aromatic heterocycles. The summed E-state index contributed by atoms with van der Waals surface area (Å²) in [6.07, 6.45) is 0.812. The van der Waals surface area contributed by atoms with Crippen molar-refractivity contribution < 1.29 is 19.4 Å². The Bertz CT molecular complexity index is 693. The van der Waals surface area contributed by atoms with Crippen LogP contribution in [-0.4, -0.2) is 40.7 Å². The molecular weight excluding hydrogens is 344 g/mol. The number of nitrogens with zero attached hydrogens (tertiary/aromatic N) is 1. The van der Waals surface area contributed by atoms with Crippen LogP contribution in [0.2, 0.25) is 0 Å². The van der Waals surface area contributed by atoms with E-state index in [-0.39, 0.29) is 29.1 Å². The Labute approximate surface area is 161 Å². The van der Waals surface area contributed by atoms with E-state index < -0.39 is 5.60 Å². The minimum Gasteiger partial charge on any atom is -0.506 e. The lowest BCUT2D eigenvalue weighted by Gasteiger charge is -2.33. The summed E-state index contributed by atoms with van der Waals surface area (Å²) < 4.78 is 5.38. The molecule has 1 aliphatic heterocycles. The summed E-state index contributed by atoms with van der Waals surface area (Å²) in [6.45, 7) is 12.7. The van der Waals surface area contributed by atoms with Crippen molar-refractivity contribution in [1.82, 2.24) is 4.90 Å². The Kier molecular flexibility index (Phi) is 6.07. The van der Waals surface area contributed by atoms with Gasteiger partial charge >= 0.3 is 6.09 Å². The summed E-state index contributed by atoms with van der Waals surface area (Å²) in [5, 5.41) is 12.9. The minimum atomic E-state index is -0.527. The van der Waals surface area contributed by atoms with Gasteiger partial charge in [-0.05, 0) is 56.7 Å². The molecule has 6 heteroatoms. The molecule has 1 heterocycles. The summed E-state index contributed by atoms with van der Waals surface area (Å²) in [5.41, 5.74) is 0.865. The van der Waals surface area contributed by atoms with Crippen molar-refractivity contribution in [1.29, 1.82) is 0 Å². The van der Waals surface area contributed by atoms with E-state index in [1.807, 2.05) is 32.9 Å². The number of carbonyl (C=O) groups is 2. The second-order valence-corrected chi connectivity index (χ2v) is 9.21. The van der Waals surface area contributed by atoms with Gasteiger partial charge in [-0.2, -0.15) is 0 Å². The maximum atomic E-state index is 12.6. The molecule has 0 atom stereocenters. The molecule has 0 bridgehead atoms. The van der Waals surface area contributed by atoms with Crippen LogP contribution in [-0.2, 0) is 14.9 Å². The number of likely N-dealkylation sites (tertiary alicyclic amines) is 1. The fourth-order valence-electron chi connectivity index (χ4n) is 2.99. The van der Waals surface area contributed by atoms with Crippen LogP contribution in [0.1, 0.15) is 59.9 Å². The smallest absolute Gasteiger partial charge is 0.410 e. The summed E-state index contributed by atoms with van der Waals surface area (Å²) in [4.78, 5) is 26.4. The molecule has 0 saturated carbocycles. The van der Waals surface area contributed by atoms with Crippen LogP contribution >= 0.6 is 0 Å². The van der Waals surface area contributed by atoms with E-state index in [0.29, 0.717) is 31.6 Å². The van der Waals surface area contributed by atoms with Gasteiger partial charge in [0.25, 0.3) is 0 Å². The summed E-state index contributed by atoms with van der Waals surface area (Å²) >= 11 is 0. The standard InChI is InChI=1S/C21H32N2O4/c1-20(2,3)15-7-8-17(24)16(13-15)22-18(25)14-9-11-23(12-10-14)19(26)27-21(4,5)6/h7-8,13-14,24H,9-12H2,1-6H3,(H,22,25). The van der Waals surface area contributed by atoms with Crippen LogP contribution in [0.4, 0.5) is 10.5 Å². The van der Waals surface area contributed by atoms with Gasteiger partial charge in [-0.25, -0.2) is 4.79 Å². The molecule has 1 saturated heterocycles. The molecule has 2 amide bonds. The highest BCUT2D eigenvalue weighted by molar-refractivity contribution is 5.94. The number of ether oxygens (including phenoxy) is 1. The Morgan fingerprint density at radius 3 is 2.22 bits per heavy atom. The predicted octanol–water partition coefficient (Wildman–Crippen LogP) is 4.28. The second-order valence-electron chi connectivity index (χ2n) is 9.21. The van der Waals surface area contributed by atoms with Gasteiger partial charge in [0.2, 0.25) is 5.91 Å². The van der Waals surface area contributed by atoms with Crippen molar-refractivity contribution in [2.75, 3.05) is 18.4 Å². The van der Waals surface area contributed by atoms with Gasteiger partial charge in [0.1, 0.15) is 11.4 Å². The lowest BCUT2D eigenvalue weighted by atomic mass is 9.86. The van der Waals surface area contributed by atoms with Crippen molar-refractivity contribution in [3.8, 4) is 5.75 Å². The highest BCUT2D eigenvalue weighted by atomic mass is 16.6. The average Bonchev–Trinajstić information content (AvgIpc) is 2.54. The Morgan fingerprint density at radius 1 is 1.11 bits per heavy atom. The predicted molar refractivity (Wildman–Crippen MR) is 106 cm³/mol. The normalized spacial score (nSPS) is 16.1. The van der Waals surface area contributed by atoms with Gasteiger partial charge < -0.3 is 20.1 Å². The Balaban J connectivity index is 1.96. The van der Waals surface area contributed by atoms with Crippen molar-refractivity contribution in [3.63, 3.8) is 0 Å². The zero-order valence-corrected chi connectivity index (χ0v) is 17.3. The van der Waals surface area contributed by atoms with Crippen molar-refractivity contribution >= 4 is 17.7 Å². The van der Waals surface area contributed by atoms with Gasteiger partial charge in [-0.1, -0.05) is 26.8 Å². The fourth-order valence-corrected chi connectivity index (χ4v) is 2.99. The topological polar surface area (TPSA) is 78.9 Å². The number of rotatable bonds is 2. The second kappa shape index (κ2) is 7.79. The molecule has 1 aliphatic rings. The van der Waals surface area contributed by atoms with Crippen LogP contribution in [0.5, 0.6) is 5.75 Å². The first-order valence-corrected chi connectivity index (χ1v) is 9.49. The number of anilines is 1. The first-order valence-electron chi connectivity index (χ1n) is 9.49. The number of hydrogen-bond acceptors (Lipinski definition) is 4. The third kappa shape index (κ3) is 5.88. The van der Waals surface area contributed by atoms with Crippen molar-refractivity contribution in [3.05, 3.63) is 23.8 Å². The maximum Gasteiger partial charge on any atom is 0.410 e. The fraction of sp³-hybridized carbons (Fsp3) is 0.619. The molecule has 150 valence electrons. The molecular formula is C21H32N2O4.